The van der Waals surface area contributed by atoms with Crippen LogP contribution in [0.2, 0.25) is 5.02 Å². The average Bonchev–Trinajstić information content (AvgIpc) is 2.73. The molecule has 1 heterocycles. The fourth-order valence-corrected chi connectivity index (χ4v) is 3.59. The maximum atomic E-state index is 12.3. The zero-order valence-corrected chi connectivity index (χ0v) is 16.3. The van der Waals surface area contributed by atoms with Crippen LogP contribution in [0.3, 0.4) is 0 Å². The highest BCUT2D eigenvalue weighted by Crippen LogP contribution is 2.37. The summed E-state index contributed by atoms with van der Waals surface area (Å²) in [6, 6.07) is 9.46. The van der Waals surface area contributed by atoms with Gasteiger partial charge in [-0.3, -0.25) is 4.79 Å². The molecular formula is C20H22ClNO7. The van der Waals surface area contributed by atoms with Crippen molar-refractivity contribution in [2.24, 2.45) is 0 Å². The van der Waals surface area contributed by atoms with Crippen LogP contribution in [0.1, 0.15) is 29.2 Å². The Morgan fingerprint density at radius 3 is 2.52 bits per heavy atom. The van der Waals surface area contributed by atoms with Crippen molar-refractivity contribution in [3.8, 4) is 5.75 Å². The Balaban J connectivity index is 2.01. The Kier molecular flexibility index (Phi) is 6.55. The van der Waals surface area contributed by atoms with Crippen molar-refractivity contribution < 1.29 is 34.8 Å². The third kappa shape index (κ3) is 4.29. The van der Waals surface area contributed by atoms with Gasteiger partial charge in [-0.15, -0.1) is 0 Å². The van der Waals surface area contributed by atoms with Gasteiger partial charge in [0.05, 0.1) is 19.8 Å². The zero-order valence-electron chi connectivity index (χ0n) is 15.6. The molecule has 29 heavy (non-hydrogen) atoms. The molecule has 2 aromatic rings. The number of hydroxylamine groups is 1. The van der Waals surface area contributed by atoms with Crippen molar-refractivity contribution in [3.63, 3.8) is 0 Å². The maximum absolute atomic E-state index is 12.3. The molecule has 5 N–H and O–H groups in total. The van der Waals surface area contributed by atoms with E-state index >= 15 is 0 Å². The Hall–Kier alpha value is -2.04. The molecule has 0 bridgehead atoms. The van der Waals surface area contributed by atoms with Crippen LogP contribution in [0.4, 0.5) is 0 Å². The summed E-state index contributed by atoms with van der Waals surface area (Å²) in [6.45, 7) is -0.364. The molecule has 0 saturated carbocycles. The van der Waals surface area contributed by atoms with Gasteiger partial charge in [0.2, 0.25) is 5.79 Å². The summed E-state index contributed by atoms with van der Waals surface area (Å²) in [5.41, 5.74) is 2.44. The van der Waals surface area contributed by atoms with E-state index in [1.54, 1.807) is 18.2 Å². The molecular weight excluding hydrogens is 402 g/mol. The predicted octanol–water partition coefficient (Wildman–Crippen LogP) is 1.27. The predicted molar refractivity (Wildman–Crippen MR) is 103 cm³/mol. The second-order valence-corrected chi connectivity index (χ2v) is 7.19. The molecule has 8 nitrogen and oxygen atoms in total. The lowest BCUT2D eigenvalue weighted by molar-refractivity contribution is -0.152. The second kappa shape index (κ2) is 8.76. The normalized spacial score (nSPS) is 22.6. The van der Waals surface area contributed by atoms with Gasteiger partial charge in [0.1, 0.15) is 17.9 Å². The Bertz CT molecular complexity index is 872. The first kappa shape index (κ1) is 21.7. The number of carbonyl (C=O) groups excluding carboxylic acids is 1. The number of ketones is 1. The Labute approximate surface area is 172 Å². The number of aliphatic hydroxyl groups is 3. The lowest BCUT2D eigenvalue weighted by Crippen LogP contribution is -2.48. The summed E-state index contributed by atoms with van der Waals surface area (Å²) in [5, 5.41) is 40.5. The first-order valence-electron chi connectivity index (χ1n) is 8.89. The van der Waals surface area contributed by atoms with E-state index in [4.69, 9.17) is 21.1 Å². The minimum atomic E-state index is -2.43. The number of hydrogen-bond acceptors (Lipinski definition) is 8. The number of ether oxygens (including phenoxy) is 2. The quantitative estimate of drug-likeness (QED) is 0.347. The first-order valence-corrected chi connectivity index (χ1v) is 9.27. The standard InChI is InChI=1S/C20H22ClNO7/c1-28-13-5-3-12(4-6-13)20(25,26)15-8-11(2-7-16(15)21)19-18(22-27)17(24)9-14(10-23)29-19/h2-8,14,18-19,22-23,25-27H,9-10H2,1H3. The van der Waals surface area contributed by atoms with Gasteiger partial charge in [0.25, 0.3) is 0 Å². The van der Waals surface area contributed by atoms with Crippen molar-refractivity contribution in [1.29, 1.82) is 0 Å². The topological polar surface area (TPSA) is 128 Å². The molecule has 0 aromatic heterocycles. The minimum Gasteiger partial charge on any atom is -0.497 e. The van der Waals surface area contributed by atoms with Crippen molar-refractivity contribution in [2.45, 2.75) is 30.5 Å². The molecule has 0 spiro atoms. The van der Waals surface area contributed by atoms with Crippen molar-refractivity contribution >= 4 is 17.4 Å². The summed E-state index contributed by atoms with van der Waals surface area (Å²) in [7, 11) is 1.50. The van der Waals surface area contributed by atoms with Crippen LogP contribution in [-0.4, -0.2) is 52.2 Å². The van der Waals surface area contributed by atoms with Crippen LogP contribution in [0, 0.1) is 0 Å². The van der Waals surface area contributed by atoms with Gasteiger partial charge in [-0.1, -0.05) is 17.7 Å². The molecule has 2 aromatic carbocycles. The molecule has 1 saturated heterocycles. The van der Waals surface area contributed by atoms with Gasteiger partial charge < -0.3 is 30.0 Å². The van der Waals surface area contributed by atoms with Crippen LogP contribution in [0.15, 0.2) is 42.5 Å². The van der Waals surface area contributed by atoms with Crippen molar-refractivity contribution in [3.05, 3.63) is 64.2 Å². The van der Waals surface area contributed by atoms with Crippen LogP contribution in [0.5, 0.6) is 5.75 Å². The van der Waals surface area contributed by atoms with E-state index < -0.39 is 24.0 Å². The molecule has 1 fully saturated rings. The van der Waals surface area contributed by atoms with E-state index in [1.807, 2.05) is 5.48 Å². The third-order valence-corrected chi connectivity index (χ3v) is 5.28. The van der Waals surface area contributed by atoms with Gasteiger partial charge in [0.15, 0.2) is 5.78 Å². The van der Waals surface area contributed by atoms with E-state index in [0.29, 0.717) is 11.3 Å². The number of rotatable bonds is 6. The van der Waals surface area contributed by atoms with Gasteiger partial charge in [0, 0.05) is 22.6 Å². The van der Waals surface area contributed by atoms with Gasteiger partial charge in [-0.05, 0) is 42.0 Å². The molecule has 0 radical (unpaired) electrons. The smallest absolute Gasteiger partial charge is 0.218 e. The summed E-state index contributed by atoms with van der Waals surface area (Å²) >= 11 is 6.23. The van der Waals surface area contributed by atoms with Crippen LogP contribution < -0.4 is 10.2 Å². The Morgan fingerprint density at radius 2 is 1.93 bits per heavy atom. The first-order chi connectivity index (χ1) is 13.8. The van der Waals surface area contributed by atoms with Crippen LogP contribution >= 0.6 is 11.6 Å². The molecule has 1 aliphatic rings. The average molecular weight is 424 g/mol. The van der Waals surface area contributed by atoms with E-state index in [1.165, 1.54) is 31.4 Å². The Morgan fingerprint density at radius 1 is 1.24 bits per heavy atom. The molecule has 0 aliphatic carbocycles. The van der Waals surface area contributed by atoms with Crippen LogP contribution in [0.25, 0.3) is 0 Å². The monoisotopic (exact) mass is 423 g/mol. The largest absolute Gasteiger partial charge is 0.497 e. The van der Waals surface area contributed by atoms with E-state index in [9.17, 15) is 25.3 Å². The number of methoxy groups -OCH3 is 1. The number of hydrogen-bond donors (Lipinski definition) is 5. The van der Waals surface area contributed by atoms with E-state index in [2.05, 4.69) is 0 Å². The van der Waals surface area contributed by atoms with Crippen molar-refractivity contribution in [1.82, 2.24) is 5.48 Å². The highest BCUT2D eigenvalue weighted by Gasteiger charge is 2.39. The number of benzene rings is 2. The van der Waals surface area contributed by atoms with Crippen LogP contribution in [-0.2, 0) is 15.3 Å². The number of carbonyl (C=O) groups is 1. The molecule has 3 rings (SSSR count). The highest BCUT2D eigenvalue weighted by atomic mass is 35.5. The van der Waals surface area contributed by atoms with Gasteiger partial charge >= 0.3 is 0 Å². The molecule has 3 atom stereocenters. The molecule has 1 aliphatic heterocycles. The van der Waals surface area contributed by atoms with E-state index in [0.717, 1.165) is 0 Å². The molecule has 0 amide bonds. The van der Waals surface area contributed by atoms with Gasteiger partial charge in [-0.2, -0.15) is 5.48 Å². The summed E-state index contributed by atoms with van der Waals surface area (Å²) < 4.78 is 10.8. The molecule has 9 heteroatoms. The third-order valence-electron chi connectivity index (χ3n) is 4.95. The zero-order chi connectivity index (χ0) is 21.2. The van der Waals surface area contributed by atoms with E-state index in [-0.39, 0.29) is 35.0 Å². The molecule has 156 valence electrons. The maximum Gasteiger partial charge on any atom is 0.218 e. The SMILES string of the molecule is COc1ccc(C(O)(O)c2cc(C3OC(CO)CC(=O)C3NO)ccc2Cl)cc1. The highest BCUT2D eigenvalue weighted by molar-refractivity contribution is 6.31. The summed E-state index contributed by atoms with van der Waals surface area (Å²) in [5.74, 6) is -2.23. The van der Waals surface area contributed by atoms with Gasteiger partial charge in [-0.25, -0.2) is 0 Å². The summed E-state index contributed by atoms with van der Waals surface area (Å²) in [6.07, 6.45) is -1.74. The number of halogens is 1. The fraction of sp³-hybridized carbons (Fsp3) is 0.350. The number of nitrogens with one attached hydrogen (secondary N) is 1. The summed E-state index contributed by atoms with van der Waals surface area (Å²) in [4.78, 5) is 12.3. The minimum absolute atomic E-state index is 0.0271. The second-order valence-electron chi connectivity index (χ2n) is 6.78. The lowest BCUT2D eigenvalue weighted by atomic mass is 9.89. The van der Waals surface area contributed by atoms with Crippen molar-refractivity contribution in [2.75, 3.05) is 13.7 Å². The fourth-order valence-electron chi connectivity index (χ4n) is 3.34. The number of Topliss-reactive ketones (excluding diaryl/α,β-unsaturated/α-hetero) is 1. The number of aliphatic hydroxyl groups excluding tert-OH is 1. The lowest BCUT2D eigenvalue weighted by Gasteiger charge is -2.35. The molecule has 3 unspecified atom stereocenters.